The van der Waals surface area contributed by atoms with Crippen molar-refractivity contribution < 1.29 is 14.3 Å². The van der Waals surface area contributed by atoms with Crippen LogP contribution in [0.1, 0.15) is 36.4 Å². The molecule has 1 saturated heterocycles. The second kappa shape index (κ2) is 10.9. The number of rotatable bonds is 9. The quantitative estimate of drug-likeness (QED) is 0.348. The summed E-state index contributed by atoms with van der Waals surface area (Å²) in [5.74, 6) is 0.0549. The zero-order valence-electron chi connectivity index (χ0n) is 20.3. The number of furan rings is 1. The SMILES string of the molecule is O=C(O)N1CCC(n2c(=O)[nH]c3ccccc32)C(CCCN(Cc2ccccc2)Cc2ccoc2)C1. The Bertz CT molecular complexity index is 1330. The van der Waals surface area contributed by atoms with Crippen molar-refractivity contribution >= 4 is 17.1 Å². The van der Waals surface area contributed by atoms with Crippen LogP contribution in [-0.2, 0) is 13.1 Å². The summed E-state index contributed by atoms with van der Waals surface area (Å²) in [6.45, 7) is 3.33. The van der Waals surface area contributed by atoms with E-state index < -0.39 is 6.09 Å². The molecule has 1 fully saturated rings. The van der Waals surface area contributed by atoms with Crippen molar-refractivity contribution in [2.24, 2.45) is 5.92 Å². The van der Waals surface area contributed by atoms with Crippen LogP contribution in [0, 0.1) is 5.92 Å². The monoisotopic (exact) mass is 488 g/mol. The van der Waals surface area contributed by atoms with E-state index in [9.17, 15) is 14.7 Å². The third-order valence-electron chi connectivity index (χ3n) is 7.20. The number of para-hydroxylation sites is 2. The molecule has 5 rings (SSSR count). The molecular weight excluding hydrogens is 456 g/mol. The Hall–Kier alpha value is -3.78. The van der Waals surface area contributed by atoms with Crippen molar-refractivity contribution in [3.63, 3.8) is 0 Å². The first-order chi connectivity index (χ1) is 17.6. The fraction of sp³-hybridized carbons (Fsp3) is 0.357. The van der Waals surface area contributed by atoms with Gasteiger partial charge in [-0.05, 0) is 55.5 Å². The maximum Gasteiger partial charge on any atom is 0.407 e. The number of aromatic amines is 1. The number of likely N-dealkylation sites (tertiary alicyclic amines) is 1. The van der Waals surface area contributed by atoms with Crippen LogP contribution in [0.15, 0.2) is 82.4 Å². The van der Waals surface area contributed by atoms with E-state index in [0.29, 0.717) is 19.5 Å². The van der Waals surface area contributed by atoms with Gasteiger partial charge in [0.05, 0.1) is 23.6 Å². The second-order valence-corrected chi connectivity index (χ2v) is 9.63. The van der Waals surface area contributed by atoms with Gasteiger partial charge < -0.3 is 19.4 Å². The van der Waals surface area contributed by atoms with Gasteiger partial charge in [0, 0.05) is 37.8 Å². The van der Waals surface area contributed by atoms with E-state index in [0.717, 1.165) is 49.1 Å². The summed E-state index contributed by atoms with van der Waals surface area (Å²) in [5.41, 5.74) is 3.95. The van der Waals surface area contributed by atoms with Gasteiger partial charge in [-0.3, -0.25) is 9.47 Å². The molecule has 0 aliphatic carbocycles. The number of piperidine rings is 1. The lowest BCUT2D eigenvalue weighted by atomic mass is 9.87. The van der Waals surface area contributed by atoms with E-state index in [-0.39, 0.29) is 17.6 Å². The molecule has 2 aromatic carbocycles. The minimum Gasteiger partial charge on any atom is -0.472 e. The fourth-order valence-electron chi connectivity index (χ4n) is 5.49. The number of hydrogen-bond acceptors (Lipinski definition) is 4. The third-order valence-corrected chi connectivity index (χ3v) is 7.20. The van der Waals surface area contributed by atoms with E-state index in [4.69, 9.17) is 4.42 Å². The molecule has 2 N–H and O–H groups in total. The molecule has 188 valence electrons. The van der Waals surface area contributed by atoms with Crippen molar-refractivity contribution in [1.82, 2.24) is 19.4 Å². The number of nitrogens with zero attached hydrogens (tertiary/aromatic N) is 3. The summed E-state index contributed by atoms with van der Waals surface area (Å²) in [7, 11) is 0. The van der Waals surface area contributed by atoms with E-state index >= 15 is 0 Å². The molecule has 1 amide bonds. The number of aromatic nitrogens is 2. The molecule has 2 unspecified atom stereocenters. The Morgan fingerprint density at radius 2 is 1.83 bits per heavy atom. The van der Waals surface area contributed by atoms with Crippen molar-refractivity contribution in [3.8, 4) is 0 Å². The van der Waals surface area contributed by atoms with Crippen LogP contribution in [0.4, 0.5) is 4.79 Å². The molecule has 36 heavy (non-hydrogen) atoms. The summed E-state index contributed by atoms with van der Waals surface area (Å²) in [6.07, 6.45) is 4.94. The molecule has 0 saturated carbocycles. The molecule has 1 aliphatic rings. The first kappa shape index (κ1) is 23.9. The zero-order chi connectivity index (χ0) is 24.9. The van der Waals surface area contributed by atoms with E-state index in [2.05, 4.69) is 34.1 Å². The van der Waals surface area contributed by atoms with Crippen molar-refractivity contribution in [3.05, 3.63) is 94.8 Å². The summed E-state index contributed by atoms with van der Waals surface area (Å²) in [5, 5.41) is 9.65. The van der Waals surface area contributed by atoms with Gasteiger partial charge in [0.2, 0.25) is 0 Å². The number of hydrogen-bond donors (Lipinski definition) is 2. The highest BCUT2D eigenvalue weighted by molar-refractivity contribution is 5.75. The minimum atomic E-state index is -0.893. The molecule has 8 nitrogen and oxygen atoms in total. The van der Waals surface area contributed by atoms with E-state index in [1.54, 1.807) is 12.5 Å². The van der Waals surface area contributed by atoms with Crippen LogP contribution >= 0.6 is 0 Å². The number of fused-ring (bicyclic) bond motifs is 1. The van der Waals surface area contributed by atoms with E-state index in [1.807, 2.05) is 41.0 Å². The van der Waals surface area contributed by atoms with Crippen LogP contribution in [0.5, 0.6) is 0 Å². The van der Waals surface area contributed by atoms with Gasteiger partial charge in [-0.1, -0.05) is 42.5 Å². The Labute approximate surface area is 209 Å². The van der Waals surface area contributed by atoms with Gasteiger partial charge in [-0.25, -0.2) is 9.59 Å². The minimum absolute atomic E-state index is 0.0410. The maximum atomic E-state index is 12.9. The molecule has 4 aromatic rings. The lowest BCUT2D eigenvalue weighted by Gasteiger charge is -2.38. The van der Waals surface area contributed by atoms with Crippen LogP contribution in [-0.4, -0.2) is 50.2 Å². The topological polar surface area (TPSA) is 94.7 Å². The van der Waals surface area contributed by atoms with Crippen LogP contribution in [0.25, 0.3) is 11.0 Å². The number of H-pyrrole nitrogens is 1. The molecule has 2 atom stereocenters. The van der Waals surface area contributed by atoms with Gasteiger partial charge in [0.25, 0.3) is 0 Å². The molecule has 3 heterocycles. The standard InChI is InChI=1S/C28H32N4O4/c33-27-29-24-10-4-5-11-26(24)32(27)25-12-15-31(28(34)35)19-23(25)9-6-14-30(18-22-13-16-36-20-22)17-21-7-2-1-3-8-21/h1-5,7-8,10-11,13,16,20,23,25H,6,9,12,14-15,17-19H2,(H,29,33)(H,34,35). The van der Waals surface area contributed by atoms with Crippen molar-refractivity contribution in [1.29, 1.82) is 0 Å². The average Bonchev–Trinajstić information content (AvgIpc) is 3.51. The number of imidazole rings is 1. The lowest BCUT2D eigenvalue weighted by Crippen LogP contribution is -2.45. The smallest absolute Gasteiger partial charge is 0.407 e. The van der Waals surface area contributed by atoms with Crippen molar-refractivity contribution in [2.45, 2.75) is 38.4 Å². The van der Waals surface area contributed by atoms with Crippen LogP contribution in [0.2, 0.25) is 0 Å². The second-order valence-electron chi connectivity index (χ2n) is 9.63. The average molecular weight is 489 g/mol. The molecule has 1 aliphatic heterocycles. The van der Waals surface area contributed by atoms with Crippen LogP contribution < -0.4 is 5.69 Å². The summed E-state index contributed by atoms with van der Waals surface area (Å²) in [6, 6.07) is 20.1. The van der Waals surface area contributed by atoms with Gasteiger partial charge in [-0.2, -0.15) is 0 Å². The highest BCUT2D eigenvalue weighted by atomic mass is 16.4. The fourth-order valence-corrected chi connectivity index (χ4v) is 5.49. The number of benzene rings is 2. The Balaban J connectivity index is 1.32. The largest absolute Gasteiger partial charge is 0.472 e. The molecular formula is C28H32N4O4. The third kappa shape index (κ3) is 5.39. The molecule has 0 spiro atoms. The van der Waals surface area contributed by atoms with Crippen LogP contribution in [0.3, 0.4) is 0 Å². The molecule has 0 bridgehead atoms. The van der Waals surface area contributed by atoms with Gasteiger partial charge in [-0.15, -0.1) is 0 Å². The van der Waals surface area contributed by atoms with E-state index in [1.165, 1.54) is 10.5 Å². The zero-order valence-corrected chi connectivity index (χ0v) is 20.3. The lowest BCUT2D eigenvalue weighted by molar-refractivity contribution is 0.0932. The number of nitrogens with one attached hydrogen (secondary N) is 1. The predicted octanol–water partition coefficient (Wildman–Crippen LogP) is 4.95. The first-order valence-electron chi connectivity index (χ1n) is 12.5. The van der Waals surface area contributed by atoms with Crippen molar-refractivity contribution in [2.75, 3.05) is 19.6 Å². The molecule has 0 radical (unpaired) electrons. The number of carbonyl (C=O) groups is 1. The summed E-state index contributed by atoms with van der Waals surface area (Å²) < 4.78 is 7.13. The van der Waals surface area contributed by atoms with Gasteiger partial charge in [0.15, 0.2) is 0 Å². The summed E-state index contributed by atoms with van der Waals surface area (Å²) >= 11 is 0. The highest BCUT2D eigenvalue weighted by Crippen LogP contribution is 2.33. The maximum absolute atomic E-state index is 12.9. The predicted molar refractivity (Wildman–Crippen MR) is 138 cm³/mol. The summed E-state index contributed by atoms with van der Waals surface area (Å²) in [4.78, 5) is 31.5. The Morgan fingerprint density at radius 1 is 1.06 bits per heavy atom. The Morgan fingerprint density at radius 3 is 2.61 bits per heavy atom. The first-order valence-corrected chi connectivity index (χ1v) is 12.5. The molecule has 2 aromatic heterocycles. The normalized spacial score (nSPS) is 18.2. The molecule has 8 heteroatoms. The number of carboxylic acid groups (broad SMARTS) is 1. The Kier molecular flexibility index (Phi) is 7.23. The highest BCUT2D eigenvalue weighted by Gasteiger charge is 2.34. The van der Waals surface area contributed by atoms with Gasteiger partial charge in [0.1, 0.15) is 0 Å². The van der Waals surface area contributed by atoms with Gasteiger partial charge >= 0.3 is 11.8 Å². The number of amides is 1.